The second-order valence-electron chi connectivity index (χ2n) is 3.50. The minimum Gasteiger partial charge on any atom is -0.364 e. The maximum atomic E-state index is 11.1. The van der Waals surface area contributed by atoms with Gasteiger partial charge in [-0.2, -0.15) is 0 Å². The zero-order chi connectivity index (χ0) is 13.0. The van der Waals surface area contributed by atoms with Crippen molar-refractivity contribution in [2.75, 3.05) is 0 Å². The van der Waals surface area contributed by atoms with E-state index in [-0.39, 0.29) is 11.7 Å². The average Bonchev–Trinajstić information content (AvgIpc) is 2.74. The molecule has 0 radical (unpaired) electrons. The van der Waals surface area contributed by atoms with Crippen LogP contribution in [0, 0.1) is 0 Å². The number of fused-ring (bicyclic) bond motifs is 1. The lowest BCUT2D eigenvalue weighted by Gasteiger charge is -2.06. The molecule has 0 bridgehead atoms. The van der Waals surface area contributed by atoms with E-state index < -0.39 is 5.91 Å². The number of amides is 1. The first-order valence-corrected chi connectivity index (χ1v) is 5.58. The Labute approximate surface area is 99.9 Å². The van der Waals surface area contributed by atoms with E-state index in [0.717, 1.165) is 0 Å². The van der Waals surface area contributed by atoms with Crippen LogP contribution in [0.2, 0.25) is 0 Å². The lowest BCUT2D eigenvalue weighted by molar-refractivity contribution is 0.0997. The first-order chi connectivity index (χ1) is 8.11. The number of primary amides is 1. The number of imidazole rings is 1. The van der Waals surface area contributed by atoms with Crippen LogP contribution in [0.5, 0.6) is 0 Å². The summed E-state index contributed by atoms with van der Waals surface area (Å²) in [5, 5.41) is 0. The van der Waals surface area contributed by atoms with Gasteiger partial charge in [-0.3, -0.25) is 4.79 Å². The first-order valence-electron chi connectivity index (χ1n) is 5.58. The Bertz CT molecular complexity index is 518. The second kappa shape index (κ2) is 5.38. The highest BCUT2D eigenvalue weighted by Crippen LogP contribution is 2.16. The predicted molar refractivity (Wildman–Crippen MR) is 65.6 cm³/mol. The fourth-order valence-corrected chi connectivity index (χ4v) is 1.41. The van der Waals surface area contributed by atoms with Crippen molar-refractivity contribution in [2.24, 2.45) is 5.73 Å². The molecule has 0 saturated carbocycles. The van der Waals surface area contributed by atoms with Crippen molar-refractivity contribution < 1.29 is 4.79 Å². The molecular weight excluding hydrogens is 218 g/mol. The lowest BCUT2D eigenvalue weighted by Crippen LogP contribution is -2.14. The molecule has 0 fully saturated rings. The molecule has 2 rings (SSSR count). The zero-order valence-corrected chi connectivity index (χ0v) is 10.5. The molecule has 0 atom stereocenters. The Morgan fingerprint density at radius 2 is 1.94 bits per heavy atom. The molecule has 0 aliphatic heterocycles. The minimum absolute atomic E-state index is 0.166. The van der Waals surface area contributed by atoms with E-state index >= 15 is 0 Å². The number of nitrogens with zero attached hydrogens (tertiary/aromatic N) is 4. The summed E-state index contributed by atoms with van der Waals surface area (Å²) in [5.41, 5.74) is 6.44. The van der Waals surface area contributed by atoms with Crippen LogP contribution in [0.4, 0.5) is 0 Å². The molecule has 0 unspecified atom stereocenters. The van der Waals surface area contributed by atoms with Gasteiger partial charge < -0.3 is 10.3 Å². The topological polar surface area (TPSA) is 86.7 Å². The smallest absolute Gasteiger partial charge is 0.269 e. The van der Waals surface area contributed by atoms with E-state index in [0.29, 0.717) is 11.2 Å². The summed E-state index contributed by atoms with van der Waals surface area (Å²) in [4.78, 5) is 23.1. The molecule has 2 aromatic rings. The largest absolute Gasteiger partial charge is 0.364 e. The zero-order valence-electron chi connectivity index (χ0n) is 10.5. The van der Waals surface area contributed by atoms with Crippen molar-refractivity contribution >= 4 is 17.1 Å². The van der Waals surface area contributed by atoms with E-state index in [2.05, 4.69) is 15.0 Å². The lowest BCUT2D eigenvalue weighted by atomic mass is 10.3. The van der Waals surface area contributed by atoms with Gasteiger partial charge in [-0.1, -0.05) is 13.8 Å². The summed E-state index contributed by atoms with van der Waals surface area (Å²) in [7, 11) is 0. The van der Waals surface area contributed by atoms with Crippen molar-refractivity contribution in [1.82, 2.24) is 19.5 Å². The highest BCUT2D eigenvalue weighted by Gasteiger charge is 2.14. The third-order valence-electron chi connectivity index (χ3n) is 2.15. The molecule has 2 aromatic heterocycles. The molecule has 6 heteroatoms. The number of carbonyl (C=O) groups is 1. The maximum absolute atomic E-state index is 11.1. The van der Waals surface area contributed by atoms with Crippen molar-refractivity contribution in [1.29, 1.82) is 0 Å². The molecule has 0 saturated heterocycles. The van der Waals surface area contributed by atoms with Crippen molar-refractivity contribution in [3.05, 3.63) is 18.3 Å². The van der Waals surface area contributed by atoms with Crippen LogP contribution in [0.1, 0.15) is 44.2 Å². The summed E-state index contributed by atoms with van der Waals surface area (Å²) in [6, 6.07) is 0.227. The van der Waals surface area contributed by atoms with E-state index in [1.54, 1.807) is 6.33 Å². The van der Waals surface area contributed by atoms with E-state index in [1.807, 2.05) is 32.3 Å². The molecule has 0 spiro atoms. The number of hydrogen-bond donors (Lipinski definition) is 1. The number of carbonyl (C=O) groups excluding carboxylic acids is 1. The summed E-state index contributed by atoms with van der Waals surface area (Å²) >= 11 is 0. The molecule has 92 valence electrons. The highest BCUT2D eigenvalue weighted by molar-refractivity contribution is 6.01. The van der Waals surface area contributed by atoms with Gasteiger partial charge in [0.2, 0.25) is 0 Å². The predicted octanol–water partition coefficient (Wildman–Crippen LogP) is 1.53. The van der Waals surface area contributed by atoms with Gasteiger partial charge in [0, 0.05) is 6.04 Å². The van der Waals surface area contributed by atoms with Crippen molar-refractivity contribution in [3.63, 3.8) is 0 Å². The van der Waals surface area contributed by atoms with Crippen LogP contribution in [-0.2, 0) is 0 Å². The Kier molecular flexibility index (Phi) is 4.14. The van der Waals surface area contributed by atoms with Crippen LogP contribution in [0.15, 0.2) is 12.7 Å². The molecular formula is C11H17N5O. The quantitative estimate of drug-likeness (QED) is 0.855. The van der Waals surface area contributed by atoms with Gasteiger partial charge in [0.25, 0.3) is 5.91 Å². The van der Waals surface area contributed by atoms with Crippen molar-refractivity contribution in [3.8, 4) is 0 Å². The van der Waals surface area contributed by atoms with Gasteiger partial charge >= 0.3 is 0 Å². The Morgan fingerprint density at radius 3 is 2.47 bits per heavy atom. The summed E-state index contributed by atoms with van der Waals surface area (Å²) in [6.45, 7) is 8.01. The number of hydrogen-bond acceptors (Lipinski definition) is 4. The van der Waals surface area contributed by atoms with Gasteiger partial charge in [-0.05, 0) is 13.8 Å². The van der Waals surface area contributed by atoms with Gasteiger partial charge in [-0.15, -0.1) is 0 Å². The first kappa shape index (κ1) is 13.1. The molecule has 1 amide bonds. The van der Waals surface area contributed by atoms with Gasteiger partial charge in [0.1, 0.15) is 11.8 Å². The fraction of sp³-hybridized carbons (Fsp3) is 0.455. The maximum Gasteiger partial charge on any atom is 0.269 e. The number of rotatable bonds is 2. The summed E-state index contributed by atoms with van der Waals surface area (Å²) in [6.07, 6.45) is 2.96. The van der Waals surface area contributed by atoms with Crippen LogP contribution in [-0.4, -0.2) is 25.4 Å². The van der Waals surface area contributed by atoms with Crippen LogP contribution in [0.3, 0.4) is 0 Å². The van der Waals surface area contributed by atoms with Gasteiger partial charge in [-0.25, -0.2) is 15.0 Å². The van der Waals surface area contributed by atoms with Gasteiger partial charge in [0.15, 0.2) is 11.3 Å². The Hall–Kier alpha value is -1.98. The third-order valence-corrected chi connectivity index (χ3v) is 2.15. The standard InChI is InChI=1S/C9H11N5O.C2H6/c1-5(2)14-4-13-7-6(8(10)15)11-3-12-9(7)14;1-2/h3-5H,1-2H3,(H2,10,15);1-2H3. The minimum atomic E-state index is -0.587. The van der Waals surface area contributed by atoms with Crippen LogP contribution >= 0.6 is 0 Å². The van der Waals surface area contributed by atoms with Gasteiger partial charge in [0.05, 0.1) is 6.33 Å². The molecule has 2 N–H and O–H groups in total. The van der Waals surface area contributed by atoms with Crippen LogP contribution < -0.4 is 5.73 Å². The Balaban J connectivity index is 0.000000686. The summed E-state index contributed by atoms with van der Waals surface area (Å²) < 4.78 is 1.86. The molecule has 0 aromatic carbocycles. The average molecular weight is 235 g/mol. The fourth-order valence-electron chi connectivity index (χ4n) is 1.41. The molecule has 6 nitrogen and oxygen atoms in total. The monoisotopic (exact) mass is 235 g/mol. The molecule has 2 heterocycles. The third kappa shape index (κ3) is 2.41. The SMILES string of the molecule is CC.CC(C)n1cnc2c(C(N)=O)ncnc21. The summed E-state index contributed by atoms with van der Waals surface area (Å²) in [5.74, 6) is -0.587. The van der Waals surface area contributed by atoms with E-state index in [1.165, 1.54) is 6.33 Å². The molecule has 0 aliphatic rings. The van der Waals surface area contributed by atoms with Crippen molar-refractivity contribution in [2.45, 2.75) is 33.7 Å². The van der Waals surface area contributed by atoms with E-state index in [4.69, 9.17) is 5.73 Å². The number of aromatic nitrogens is 4. The highest BCUT2D eigenvalue weighted by atomic mass is 16.1. The molecule has 0 aliphatic carbocycles. The Morgan fingerprint density at radius 1 is 1.29 bits per heavy atom. The normalized spacial score (nSPS) is 10.2. The molecule has 17 heavy (non-hydrogen) atoms. The van der Waals surface area contributed by atoms with E-state index in [9.17, 15) is 4.79 Å². The van der Waals surface area contributed by atoms with Crippen LogP contribution in [0.25, 0.3) is 11.2 Å². The second-order valence-corrected chi connectivity index (χ2v) is 3.50. The number of nitrogens with two attached hydrogens (primary N) is 1.